The van der Waals surface area contributed by atoms with Gasteiger partial charge >= 0.3 is 0 Å². The van der Waals surface area contributed by atoms with Gasteiger partial charge in [0.15, 0.2) is 0 Å². The zero-order valence-corrected chi connectivity index (χ0v) is 11.7. The average molecular weight is 241 g/mol. The molecule has 1 aliphatic rings. The maximum Gasteiger partial charge on any atom is 0.239 e. The van der Waals surface area contributed by atoms with E-state index in [9.17, 15) is 4.79 Å². The molecule has 0 radical (unpaired) electrons. The molecule has 0 saturated heterocycles. The fourth-order valence-electron chi connectivity index (χ4n) is 2.57. The predicted molar refractivity (Wildman–Crippen MR) is 70.8 cm³/mol. The minimum Gasteiger partial charge on any atom is -0.343 e. The Morgan fingerprint density at radius 3 is 2.29 bits per heavy atom. The monoisotopic (exact) mass is 241 g/mol. The molecule has 0 aromatic heterocycles. The highest BCUT2D eigenvalue weighted by molar-refractivity contribution is 5.81. The Morgan fingerprint density at radius 2 is 1.94 bits per heavy atom. The maximum absolute atomic E-state index is 12.1. The fourth-order valence-corrected chi connectivity index (χ4v) is 2.57. The lowest BCUT2D eigenvalue weighted by molar-refractivity contribution is -0.134. The van der Waals surface area contributed by atoms with Crippen molar-refractivity contribution >= 4 is 5.91 Å². The van der Waals surface area contributed by atoms with E-state index in [1.54, 1.807) is 0 Å². The van der Waals surface area contributed by atoms with Gasteiger partial charge in [0.05, 0.1) is 6.04 Å². The maximum atomic E-state index is 12.1. The van der Waals surface area contributed by atoms with Gasteiger partial charge in [-0.2, -0.15) is 0 Å². The Kier molecular flexibility index (Phi) is 4.95. The van der Waals surface area contributed by atoms with Gasteiger partial charge in [-0.3, -0.25) is 4.79 Å². The summed E-state index contributed by atoms with van der Waals surface area (Å²) in [5.41, 5.74) is 6.07. The van der Waals surface area contributed by atoms with Gasteiger partial charge in [0.2, 0.25) is 5.91 Å². The van der Waals surface area contributed by atoms with Crippen molar-refractivity contribution in [1.29, 1.82) is 0 Å². The molecule has 1 rings (SSSR count). The molecule has 17 heavy (non-hydrogen) atoms. The highest BCUT2D eigenvalue weighted by Gasteiger charge is 2.40. The number of hydrogen-bond donors (Lipinski definition) is 1. The molecule has 0 spiro atoms. The number of likely N-dealkylation sites (N-methyl/N-ethyl adjacent to an activating group) is 2. The minimum atomic E-state index is -0.329. The molecular formula is C13H27N3O. The van der Waals surface area contributed by atoms with Crippen molar-refractivity contribution in [3.05, 3.63) is 0 Å². The van der Waals surface area contributed by atoms with Gasteiger partial charge in [-0.15, -0.1) is 0 Å². The molecule has 1 saturated carbocycles. The second-order valence-corrected chi connectivity index (χ2v) is 5.56. The Morgan fingerprint density at radius 1 is 1.35 bits per heavy atom. The molecule has 1 aliphatic carbocycles. The largest absolute Gasteiger partial charge is 0.343 e. The van der Waals surface area contributed by atoms with Crippen molar-refractivity contribution in [2.75, 3.05) is 27.7 Å². The van der Waals surface area contributed by atoms with Crippen LogP contribution >= 0.6 is 0 Å². The molecule has 0 aliphatic heterocycles. The van der Waals surface area contributed by atoms with Gasteiger partial charge in [0.1, 0.15) is 0 Å². The Balaban J connectivity index is 2.53. The number of amides is 1. The minimum absolute atomic E-state index is 0.0833. The van der Waals surface area contributed by atoms with Crippen LogP contribution in [0.15, 0.2) is 0 Å². The zero-order chi connectivity index (χ0) is 13.1. The van der Waals surface area contributed by atoms with Crippen LogP contribution in [0, 0.1) is 0 Å². The quantitative estimate of drug-likeness (QED) is 0.756. The summed E-state index contributed by atoms with van der Waals surface area (Å²) in [4.78, 5) is 16.1. The van der Waals surface area contributed by atoms with Crippen molar-refractivity contribution < 1.29 is 4.79 Å². The summed E-state index contributed by atoms with van der Waals surface area (Å²) in [5, 5.41) is 0. The van der Waals surface area contributed by atoms with Crippen LogP contribution in [-0.4, -0.2) is 55.0 Å². The lowest BCUT2D eigenvalue weighted by Crippen LogP contribution is -2.58. The third kappa shape index (κ3) is 3.19. The third-order valence-corrected chi connectivity index (χ3v) is 4.06. The van der Waals surface area contributed by atoms with Gasteiger partial charge in [0.25, 0.3) is 0 Å². The van der Waals surface area contributed by atoms with Crippen LogP contribution in [0.1, 0.15) is 39.0 Å². The van der Waals surface area contributed by atoms with Gasteiger partial charge in [-0.25, -0.2) is 0 Å². The molecule has 100 valence electrons. The van der Waals surface area contributed by atoms with Crippen molar-refractivity contribution in [2.24, 2.45) is 5.73 Å². The summed E-state index contributed by atoms with van der Waals surface area (Å²) in [5.74, 6) is 0.0833. The van der Waals surface area contributed by atoms with Crippen molar-refractivity contribution in [3.8, 4) is 0 Å². The van der Waals surface area contributed by atoms with E-state index in [4.69, 9.17) is 5.73 Å². The van der Waals surface area contributed by atoms with Gasteiger partial charge in [0, 0.05) is 19.1 Å². The molecule has 0 bridgehead atoms. The summed E-state index contributed by atoms with van der Waals surface area (Å²) in [6, 6.07) is -0.329. The van der Waals surface area contributed by atoms with E-state index >= 15 is 0 Å². The summed E-state index contributed by atoms with van der Waals surface area (Å²) >= 11 is 0. The van der Waals surface area contributed by atoms with Crippen LogP contribution in [0.3, 0.4) is 0 Å². The van der Waals surface area contributed by atoms with Crippen LogP contribution in [0.5, 0.6) is 0 Å². The van der Waals surface area contributed by atoms with Crippen LogP contribution in [0.4, 0.5) is 0 Å². The van der Waals surface area contributed by atoms with Gasteiger partial charge < -0.3 is 15.5 Å². The third-order valence-electron chi connectivity index (χ3n) is 4.06. The van der Waals surface area contributed by atoms with Crippen molar-refractivity contribution in [3.63, 3.8) is 0 Å². The Bertz CT molecular complexity index is 261. The molecule has 4 heteroatoms. The lowest BCUT2D eigenvalue weighted by Gasteiger charge is -2.49. The molecule has 1 amide bonds. The van der Waals surface area contributed by atoms with Gasteiger partial charge in [-0.05, 0) is 39.8 Å². The second kappa shape index (κ2) is 5.83. The number of carbonyl (C=O) groups excluding carboxylic acids is 1. The predicted octanol–water partition coefficient (Wildman–Crippen LogP) is 1.06. The SMILES string of the molecule is CCC[C@H](N)C(=O)N(C)CC1(N(C)C)CCC1. The van der Waals surface area contributed by atoms with Crippen LogP contribution in [0.25, 0.3) is 0 Å². The van der Waals surface area contributed by atoms with E-state index < -0.39 is 0 Å². The first kappa shape index (κ1) is 14.5. The molecular weight excluding hydrogens is 214 g/mol. The highest BCUT2D eigenvalue weighted by Crippen LogP contribution is 2.36. The van der Waals surface area contributed by atoms with E-state index in [2.05, 4.69) is 25.9 Å². The molecule has 2 N–H and O–H groups in total. The summed E-state index contributed by atoms with van der Waals surface area (Å²) in [6.45, 7) is 2.86. The van der Waals surface area contributed by atoms with E-state index in [0.717, 1.165) is 19.4 Å². The van der Waals surface area contributed by atoms with Crippen LogP contribution in [-0.2, 0) is 4.79 Å². The molecule has 0 unspecified atom stereocenters. The Hall–Kier alpha value is -0.610. The molecule has 4 nitrogen and oxygen atoms in total. The molecule has 1 fully saturated rings. The van der Waals surface area contributed by atoms with Gasteiger partial charge in [-0.1, -0.05) is 13.3 Å². The van der Waals surface area contributed by atoms with E-state index in [1.165, 1.54) is 19.3 Å². The van der Waals surface area contributed by atoms with E-state index in [0.29, 0.717) is 0 Å². The fraction of sp³-hybridized carbons (Fsp3) is 0.923. The second-order valence-electron chi connectivity index (χ2n) is 5.56. The topological polar surface area (TPSA) is 49.6 Å². The first-order valence-corrected chi connectivity index (χ1v) is 6.61. The summed E-state index contributed by atoms with van der Waals surface area (Å²) < 4.78 is 0. The van der Waals surface area contributed by atoms with Crippen molar-refractivity contribution in [2.45, 2.75) is 50.6 Å². The van der Waals surface area contributed by atoms with Crippen LogP contribution < -0.4 is 5.73 Å². The highest BCUT2D eigenvalue weighted by atomic mass is 16.2. The number of rotatable bonds is 6. The smallest absolute Gasteiger partial charge is 0.239 e. The molecule has 1 atom stereocenters. The number of nitrogens with zero attached hydrogens (tertiary/aromatic N) is 2. The first-order chi connectivity index (χ1) is 7.93. The number of hydrogen-bond acceptors (Lipinski definition) is 3. The number of nitrogens with two attached hydrogens (primary N) is 1. The standard InChI is InChI=1S/C13H27N3O/c1-5-7-11(14)12(17)16(4)10-13(15(2)3)8-6-9-13/h11H,5-10,14H2,1-4H3/t11-/m0/s1. The lowest BCUT2D eigenvalue weighted by atomic mass is 9.75. The van der Waals surface area contributed by atoms with Crippen LogP contribution in [0.2, 0.25) is 0 Å². The zero-order valence-electron chi connectivity index (χ0n) is 11.7. The average Bonchev–Trinajstić information content (AvgIpc) is 2.21. The number of carbonyl (C=O) groups is 1. The summed E-state index contributed by atoms with van der Waals surface area (Å²) in [6.07, 6.45) is 5.36. The van der Waals surface area contributed by atoms with E-state index in [1.807, 2.05) is 11.9 Å². The summed E-state index contributed by atoms with van der Waals surface area (Å²) in [7, 11) is 6.08. The molecule has 0 heterocycles. The Labute approximate surface area is 105 Å². The first-order valence-electron chi connectivity index (χ1n) is 6.61. The van der Waals surface area contributed by atoms with E-state index in [-0.39, 0.29) is 17.5 Å². The molecule has 0 aromatic rings. The normalized spacial score (nSPS) is 19.9. The van der Waals surface area contributed by atoms with Crippen molar-refractivity contribution in [1.82, 2.24) is 9.80 Å². The molecule has 0 aromatic carbocycles.